The van der Waals surface area contributed by atoms with Gasteiger partial charge in [-0.15, -0.1) is 0 Å². The van der Waals surface area contributed by atoms with Crippen LogP contribution in [0.15, 0.2) is 30.6 Å². The van der Waals surface area contributed by atoms with Crippen LogP contribution in [0.5, 0.6) is 17.4 Å². The number of carbonyl (C=O) groups is 1. The fraction of sp³-hybridized carbons (Fsp3) is 0.267. The largest absolute Gasteiger partial charge is 0.493 e. The zero-order valence-electron chi connectivity index (χ0n) is 12.0. The van der Waals surface area contributed by atoms with Gasteiger partial charge in [0, 0.05) is 6.07 Å². The van der Waals surface area contributed by atoms with Gasteiger partial charge in [-0.2, -0.15) is 0 Å². The summed E-state index contributed by atoms with van der Waals surface area (Å²) in [7, 11) is 1.45. The van der Waals surface area contributed by atoms with Gasteiger partial charge in [0.2, 0.25) is 5.88 Å². The molecule has 0 saturated carbocycles. The third-order valence-corrected chi connectivity index (χ3v) is 2.88. The van der Waals surface area contributed by atoms with Crippen molar-refractivity contribution in [1.29, 1.82) is 0 Å². The molecule has 0 radical (unpaired) electrons. The number of hydrogen-bond donors (Lipinski definition) is 1. The van der Waals surface area contributed by atoms with E-state index in [9.17, 15) is 4.79 Å². The van der Waals surface area contributed by atoms with E-state index in [1.165, 1.54) is 25.6 Å². The summed E-state index contributed by atoms with van der Waals surface area (Å²) in [6.45, 7) is 4.04. The zero-order valence-corrected chi connectivity index (χ0v) is 12.0. The van der Waals surface area contributed by atoms with Crippen molar-refractivity contribution < 1.29 is 19.4 Å². The second kappa shape index (κ2) is 6.21. The molecule has 1 N–H and O–H groups in total. The Morgan fingerprint density at radius 1 is 1.19 bits per heavy atom. The highest BCUT2D eigenvalue weighted by molar-refractivity contribution is 5.88. The predicted octanol–water partition coefficient (Wildman–Crippen LogP) is 3.10. The van der Waals surface area contributed by atoms with Crippen molar-refractivity contribution in [2.24, 2.45) is 0 Å². The maximum atomic E-state index is 10.9. The van der Waals surface area contributed by atoms with Gasteiger partial charge in [-0.1, -0.05) is 13.8 Å². The van der Waals surface area contributed by atoms with Gasteiger partial charge in [0.25, 0.3) is 0 Å². The second-order valence-electron chi connectivity index (χ2n) is 4.71. The number of carboxylic acid groups (broad SMARTS) is 1. The smallest absolute Gasteiger partial charge is 0.335 e. The fourth-order valence-electron chi connectivity index (χ4n) is 1.72. The first-order valence-electron chi connectivity index (χ1n) is 6.42. The summed E-state index contributed by atoms with van der Waals surface area (Å²) in [6.07, 6.45) is 1.43. The molecule has 0 aliphatic carbocycles. The van der Waals surface area contributed by atoms with Gasteiger partial charge in [0.15, 0.2) is 11.5 Å². The molecule has 21 heavy (non-hydrogen) atoms. The second-order valence-corrected chi connectivity index (χ2v) is 4.71. The van der Waals surface area contributed by atoms with E-state index in [-0.39, 0.29) is 11.5 Å². The molecule has 2 aromatic rings. The lowest BCUT2D eigenvalue weighted by atomic mass is 10.1. The fourth-order valence-corrected chi connectivity index (χ4v) is 1.72. The minimum absolute atomic E-state index is 0.129. The van der Waals surface area contributed by atoms with E-state index in [1.54, 1.807) is 12.1 Å². The molecule has 0 aliphatic heterocycles. The van der Waals surface area contributed by atoms with E-state index in [1.807, 2.05) is 13.8 Å². The molecule has 0 bridgehead atoms. The van der Waals surface area contributed by atoms with Crippen LogP contribution in [0, 0.1) is 0 Å². The van der Waals surface area contributed by atoms with Gasteiger partial charge in [-0.25, -0.2) is 14.8 Å². The minimum atomic E-state index is -1.02. The molecule has 110 valence electrons. The van der Waals surface area contributed by atoms with E-state index in [2.05, 4.69) is 9.97 Å². The molecule has 0 amide bonds. The topological polar surface area (TPSA) is 81.5 Å². The Balaban J connectivity index is 2.31. The summed E-state index contributed by atoms with van der Waals surface area (Å²) in [5, 5.41) is 8.97. The molecule has 6 nitrogen and oxygen atoms in total. The van der Waals surface area contributed by atoms with Crippen molar-refractivity contribution in [3.63, 3.8) is 0 Å². The average molecular weight is 288 g/mol. The highest BCUT2D eigenvalue weighted by atomic mass is 16.5. The minimum Gasteiger partial charge on any atom is -0.493 e. The first-order chi connectivity index (χ1) is 10.0. The molecular weight excluding hydrogens is 272 g/mol. The van der Waals surface area contributed by atoms with Crippen LogP contribution in [0.2, 0.25) is 0 Å². The molecular formula is C15H16N2O4. The van der Waals surface area contributed by atoms with Crippen molar-refractivity contribution in [3.8, 4) is 17.4 Å². The van der Waals surface area contributed by atoms with Crippen LogP contribution in [0.1, 0.15) is 35.8 Å². The van der Waals surface area contributed by atoms with Gasteiger partial charge in [0.1, 0.15) is 6.33 Å². The van der Waals surface area contributed by atoms with Crippen LogP contribution in [-0.2, 0) is 0 Å². The van der Waals surface area contributed by atoms with Crippen LogP contribution in [0.25, 0.3) is 0 Å². The number of rotatable bonds is 5. The normalized spacial score (nSPS) is 10.5. The number of aromatic carboxylic acids is 1. The summed E-state index contributed by atoms with van der Waals surface area (Å²) in [5.74, 6) is 0.348. The molecule has 6 heteroatoms. The van der Waals surface area contributed by atoms with Gasteiger partial charge < -0.3 is 14.6 Å². The van der Waals surface area contributed by atoms with Crippen molar-refractivity contribution in [1.82, 2.24) is 9.97 Å². The van der Waals surface area contributed by atoms with E-state index in [0.717, 1.165) is 5.69 Å². The molecule has 0 saturated heterocycles. The Kier molecular flexibility index (Phi) is 4.37. The third-order valence-electron chi connectivity index (χ3n) is 2.88. The summed E-state index contributed by atoms with van der Waals surface area (Å²) in [5.41, 5.74) is 0.992. The number of nitrogens with zero attached hydrogens (tertiary/aromatic N) is 2. The Labute approximate surface area is 122 Å². The highest BCUT2D eigenvalue weighted by Crippen LogP contribution is 2.32. The van der Waals surface area contributed by atoms with Crippen LogP contribution in [0.4, 0.5) is 0 Å². The van der Waals surface area contributed by atoms with Crippen molar-refractivity contribution >= 4 is 5.97 Å². The van der Waals surface area contributed by atoms with E-state index in [0.29, 0.717) is 17.4 Å². The average Bonchev–Trinajstić information content (AvgIpc) is 2.47. The lowest BCUT2D eigenvalue weighted by molar-refractivity contribution is 0.0696. The first kappa shape index (κ1) is 14.8. The molecule has 1 heterocycles. The molecule has 0 aliphatic rings. The SMILES string of the molecule is COc1cc(C(=O)O)ccc1Oc1cc(C(C)C)ncn1. The molecule has 2 rings (SSSR count). The highest BCUT2D eigenvalue weighted by Gasteiger charge is 2.12. The van der Waals surface area contributed by atoms with Crippen molar-refractivity contribution in [3.05, 3.63) is 41.9 Å². The van der Waals surface area contributed by atoms with E-state index >= 15 is 0 Å². The van der Waals surface area contributed by atoms with Crippen LogP contribution >= 0.6 is 0 Å². The Morgan fingerprint density at radius 3 is 2.57 bits per heavy atom. The summed E-state index contributed by atoms with van der Waals surface area (Å²) >= 11 is 0. The summed E-state index contributed by atoms with van der Waals surface area (Å²) in [6, 6.07) is 6.14. The monoisotopic (exact) mass is 288 g/mol. The molecule has 0 spiro atoms. The standard InChI is InChI=1S/C15H16N2O4/c1-9(2)11-7-14(17-8-16-11)21-12-5-4-10(15(18)19)6-13(12)20-3/h4-9H,1-3H3,(H,18,19). The van der Waals surface area contributed by atoms with Crippen LogP contribution in [-0.4, -0.2) is 28.2 Å². The van der Waals surface area contributed by atoms with Gasteiger partial charge in [-0.3, -0.25) is 0 Å². The number of ether oxygens (including phenoxy) is 2. The summed E-state index contributed by atoms with van der Waals surface area (Å²) < 4.78 is 10.8. The Bertz CT molecular complexity index is 656. The number of carboxylic acids is 1. The third kappa shape index (κ3) is 3.47. The quantitative estimate of drug-likeness (QED) is 0.910. The van der Waals surface area contributed by atoms with E-state index < -0.39 is 5.97 Å². The lowest BCUT2D eigenvalue weighted by Crippen LogP contribution is -2.00. The zero-order chi connectivity index (χ0) is 15.4. The number of hydrogen-bond acceptors (Lipinski definition) is 5. The van der Waals surface area contributed by atoms with Crippen molar-refractivity contribution in [2.75, 3.05) is 7.11 Å². The van der Waals surface area contributed by atoms with Gasteiger partial charge in [-0.05, 0) is 24.1 Å². The van der Waals surface area contributed by atoms with E-state index in [4.69, 9.17) is 14.6 Å². The maximum Gasteiger partial charge on any atom is 0.335 e. The number of benzene rings is 1. The Morgan fingerprint density at radius 2 is 1.95 bits per heavy atom. The predicted molar refractivity (Wildman–Crippen MR) is 76.1 cm³/mol. The maximum absolute atomic E-state index is 10.9. The molecule has 1 aromatic carbocycles. The van der Waals surface area contributed by atoms with Crippen LogP contribution in [0.3, 0.4) is 0 Å². The lowest BCUT2D eigenvalue weighted by Gasteiger charge is -2.11. The number of methoxy groups -OCH3 is 1. The first-order valence-corrected chi connectivity index (χ1v) is 6.42. The molecule has 0 fully saturated rings. The van der Waals surface area contributed by atoms with Crippen molar-refractivity contribution in [2.45, 2.75) is 19.8 Å². The number of aromatic nitrogens is 2. The molecule has 0 unspecified atom stereocenters. The Hall–Kier alpha value is -2.63. The van der Waals surface area contributed by atoms with Gasteiger partial charge >= 0.3 is 5.97 Å². The summed E-state index contributed by atoms with van der Waals surface area (Å²) in [4.78, 5) is 19.1. The van der Waals surface area contributed by atoms with Crippen LogP contribution < -0.4 is 9.47 Å². The molecule has 0 atom stereocenters. The molecule has 1 aromatic heterocycles. The van der Waals surface area contributed by atoms with Gasteiger partial charge in [0.05, 0.1) is 18.4 Å².